The molecule has 124 valence electrons. The monoisotopic (exact) mass is 324 g/mol. The smallest absolute Gasteiger partial charge is 0.258 e. The molecule has 0 unspecified atom stereocenters. The molecular formula is C19H20N2O3. The van der Waals surface area contributed by atoms with Gasteiger partial charge in [0, 0.05) is 6.54 Å². The zero-order chi connectivity index (χ0) is 17.1. The topological polar surface area (TPSA) is 83.6 Å². The summed E-state index contributed by atoms with van der Waals surface area (Å²) in [6, 6.07) is 14.4. The predicted octanol–water partition coefficient (Wildman–Crippen LogP) is 2.40. The van der Waals surface area contributed by atoms with Crippen LogP contribution in [0.5, 0.6) is 5.75 Å². The van der Waals surface area contributed by atoms with Gasteiger partial charge < -0.3 is 15.7 Å². The maximum Gasteiger partial charge on any atom is 0.258 e. The second-order valence-electron chi connectivity index (χ2n) is 6.16. The number of hydrogen-bond donors (Lipinski definition) is 2. The van der Waals surface area contributed by atoms with Gasteiger partial charge in [0.25, 0.3) is 5.91 Å². The summed E-state index contributed by atoms with van der Waals surface area (Å²) in [7, 11) is 0. The van der Waals surface area contributed by atoms with Crippen molar-refractivity contribution in [3.8, 4) is 5.75 Å². The molecule has 0 bridgehead atoms. The average molecular weight is 324 g/mol. The molecule has 0 saturated heterocycles. The van der Waals surface area contributed by atoms with Crippen LogP contribution in [0, 0.1) is 0 Å². The molecule has 1 aliphatic rings. The van der Waals surface area contributed by atoms with Crippen LogP contribution < -0.4 is 5.73 Å². The molecule has 0 aromatic heterocycles. The Morgan fingerprint density at radius 3 is 2.54 bits per heavy atom. The summed E-state index contributed by atoms with van der Waals surface area (Å²) in [6.45, 7) is 0.0808. The Balaban J connectivity index is 1.83. The molecule has 3 rings (SSSR count). The number of carbonyl (C=O) groups is 2. The second-order valence-corrected chi connectivity index (χ2v) is 6.16. The summed E-state index contributed by atoms with van der Waals surface area (Å²) < 4.78 is 0. The highest BCUT2D eigenvalue weighted by atomic mass is 16.3. The van der Waals surface area contributed by atoms with E-state index in [1.807, 2.05) is 12.1 Å². The molecule has 2 amide bonds. The van der Waals surface area contributed by atoms with Crippen LogP contribution in [-0.2, 0) is 11.3 Å². The first kappa shape index (κ1) is 16.1. The quantitative estimate of drug-likeness (QED) is 0.856. The van der Waals surface area contributed by atoms with Gasteiger partial charge in [-0.25, -0.2) is 0 Å². The molecule has 0 atom stereocenters. The molecule has 0 spiro atoms. The molecule has 3 N–H and O–H groups in total. The van der Waals surface area contributed by atoms with E-state index in [-0.39, 0.29) is 24.4 Å². The zero-order valence-corrected chi connectivity index (χ0v) is 13.3. The van der Waals surface area contributed by atoms with Gasteiger partial charge in [-0.15, -0.1) is 0 Å². The van der Waals surface area contributed by atoms with E-state index in [1.165, 1.54) is 35.4 Å². The maximum atomic E-state index is 12.7. The third-order valence-corrected chi connectivity index (χ3v) is 4.14. The number of rotatable bonds is 6. The SMILES string of the molecule is NC(=O)CN(Cc1cccc(C2CC2)c1)C(=O)c1ccccc1O. The van der Waals surface area contributed by atoms with Gasteiger partial charge in [-0.1, -0.05) is 36.4 Å². The second kappa shape index (κ2) is 6.74. The Morgan fingerprint density at radius 1 is 1.12 bits per heavy atom. The van der Waals surface area contributed by atoms with Crippen LogP contribution in [0.2, 0.25) is 0 Å². The van der Waals surface area contributed by atoms with Gasteiger partial charge in [0.05, 0.1) is 12.1 Å². The van der Waals surface area contributed by atoms with Crippen LogP contribution in [0.1, 0.15) is 40.2 Å². The first-order valence-corrected chi connectivity index (χ1v) is 7.99. The van der Waals surface area contributed by atoms with Crippen LogP contribution >= 0.6 is 0 Å². The first-order valence-electron chi connectivity index (χ1n) is 7.99. The Kier molecular flexibility index (Phi) is 4.51. The van der Waals surface area contributed by atoms with E-state index in [0.29, 0.717) is 5.92 Å². The summed E-state index contributed by atoms with van der Waals surface area (Å²) in [5.41, 5.74) is 7.67. The molecule has 5 nitrogen and oxygen atoms in total. The van der Waals surface area contributed by atoms with Crippen molar-refractivity contribution in [3.05, 3.63) is 65.2 Å². The standard InChI is InChI=1S/C19H20N2O3/c20-18(23)12-21(19(24)16-6-1-2-7-17(16)22)11-13-4-3-5-15(10-13)14-8-9-14/h1-7,10,14,22H,8-9,11-12H2,(H2,20,23). The third kappa shape index (κ3) is 3.74. The largest absolute Gasteiger partial charge is 0.507 e. The molecule has 0 aliphatic heterocycles. The number of para-hydroxylation sites is 1. The molecule has 1 fully saturated rings. The lowest BCUT2D eigenvalue weighted by Gasteiger charge is -2.22. The number of phenols is 1. The number of carbonyl (C=O) groups excluding carboxylic acids is 2. The number of nitrogens with two attached hydrogens (primary N) is 1. The molecule has 2 aromatic carbocycles. The molecule has 1 saturated carbocycles. The van der Waals surface area contributed by atoms with Crippen LogP contribution in [0.25, 0.3) is 0 Å². The Hall–Kier alpha value is -2.82. The lowest BCUT2D eigenvalue weighted by atomic mass is 10.1. The highest BCUT2D eigenvalue weighted by molar-refractivity contribution is 5.98. The van der Waals surface area contributed by atoms with Crippen LogP contribution in [0.4, 0.5) is 0 Å². The van der Waals surface area contributed by atoms with Gasteiger partial charge in [0.2, 0.25) is 5.91 Å². The summed E-state index contributed by atoms with van der Waals surface area (Å²) >= 11 is 0. The third-order valence-electron chi connectivity index (χ3n) is 4.14. The van der Waals surface area contributed by atoms with Crippen molar-refractivity contribution in [2.24, 2.45) is 5.73 Å². The fourth-order valence-corrected chi connectivity index (χ4v) is 2.79. The molecule has 5 heteroatoms. The van der Waals surface area contributed by atoms with Crippen LogP contribution in [0.15, 0.2) is 48.5 Å². The van der Waals surface area contributed by atoms with Crippen molar-refractivity contribution in [1.82, 2.24) is 4.90 Å². The normalized spacial score (nSPS) is 13.5. The van der Waals surface area contributed by atoms with Crippen molar-refractivity contribution >= 4 is 11.8 Å². The average Bonchev–Trinajstić information content (AvgIpc) is 3.39. The van der Waals surface area contributed by atoms with Crippen molar-refractivity contribution in [1.29, 1.82) is 0 Å². The number of nitrogens with zero attached hydrogens (tertiary/aromatic N) is 1. The van der Waals surface area contributed by atoms with Crippen molar-refractivity contribution in [3.63, 3.8) is 0 Å². The zero-order valence-electron chi connectivity index (χ0n) is 13.3. The number of aromatic hydroxyl groups is 1. The van der Waals surface area contributed by atoms with Gasteiger partial charge in [-0.05, 0) is 42.0 Å². The number of primary amides is 1. The Bertz CT molecular complexity index is 769. The predicted molar refractivity (Wildman–Crippen MR) is 90.5 cm³/mol. The number of benzene rings is 2. The number of hydrogen-bond acceptors (Lipinski definition) is 3. The number of amides is 2. The number of phenolic OH excluding ortho intramolecular Hbond substituents is 1. The van der Waals surface area contributed by atoms with E-state index in [1.54, 1.807) is 12.1 Å². The molecule has 24 heavy (non-hydrogen) atoms. The van der Waals surface area contributed by atoms with Gasteiger partial charge in [-0.2, -0.15) is 0 Å². The van der Waals surface area contributed by atoms with E-state index in [9.17, 15) is 14.7 Å². The van der Waals surface area contributed by atoms with Gasteiger partial charge in [-0.3, -0.25) is 9.59 Å². The maximum absolute atomic E-state index is 12.7. The Morgan fingerprint density at radius 2 is 1.88 bits per heavy atom. The summed E-state index contributed by atoms with van der Waals surface area (Å²) in [5.74, 6) is -0.493. The lowest BCUT2D eigenvalue weighted by molar-refractivity contribution is -0.118. The summed E-state index contributed by atoms with van der Waals surface area (Å²) in [6.07, 6.45) is 2.40. The van der Waals surface area contributed by atoms with Gasteiger partial charge >= 0.3 is 0 Å². The van der Waals surface area contributed by atoms with E-state index in [0.717, 1.165) is 5.56 Å². The summed E-state index contributed by atoms with van der Waals surface area (Å²) in [5, 5.41) is 9.89. The van der Waals surface area contributed by atoms with E-state index >= 15 is 0 Å². The minimum absolute atomic E-state index is 0.108. The molecule has 0 heterocycles. The van der Waals surface area contributed by atoms with Gasteiger partial charge in [0.1, 0.15) is 5.75 Å². The van der Waals surface area contributed by atoms with E-state index in [4.69, 9.17) is 5.73 Å². The van der Waals surface area contributed by atoms with Gasteiger partial charge in [0.15, 0.2) is 0 Å². The highest BCUT2D eigenvalue weighted by Crippen LogP contribution is 2.40. The van der Waals surface area contributed by atoms with E-state index < -0.39 is 11.8 Å². The Labute approximate surface area is 140 Å². The first-order chi connectivity index (χ1) is 11.5. The fraction of sp³-hybridized carbons (Fsp3) is 0.263. The van der Waals surface area contributed by atoms with E-state index in [2.05, 4.69) is 12.1 Å². The van der Waals surface area contributed by atoms with Crippen LogP contribution in [0.3, 0.4) is 0 Å². The summed E-state index contributed by atoms with van der Waals surface area (Å²) in [4.78, 5) is 25.4. The van der Waals surface area contributed by atoms with Crippen molar-refractivity contribution in [2.45, 2.75) is 25.3 Å². The molecule has 0 radical (unpaired) electrons. The molecular weight excluding hydrogens is 304 g/mol. The highest BCUT2D eigenvalue weighted by Gasteiger charge is 2.24. The molecule has 2 aromatic rings. The van der Waals surface area contributed by atoms with Crippen molar-refractivity contribution < 1.29 is 14.7 Å². The minimum Gasteiger partial charge on any atom is -0.507 e. The molecule has 1 aliphatic carbocycles. The minimum atomic E-state index is -0.586. The van der Waals surface area contributed by atoms with Crippen molar-refractivity contribution in [2.75, 3.05) is 6.54 Å². The fourth-order valence-electron chi connectivity index (χ4n) is 2.79. The lowest BCUT2D eigenvalue weighted by Crippen LogP contribution is -2.38. The van der Waals surface area contributed by atoms with Crippen LogP contribution in [-0.4, -0.2) is 28.4 Å².